The van der Waals surface area contributed by atoms with E-state index < -0.39 is 0 Å². The van der Waals surface area contributed by atoms with Crippen LogP contribution in [0.1, 0.15) is 0 Å². The van der Waals surface area contributed by atoms with E-state index in [1.807, 2.05) is 0 Å². The molecular weight excluding hydrogens is 120 g/mol. The van der Waals surface area contributed by atoms with Crippen LogP contribution in [0.3, 0.4) is 0 Å². The summed E-state index contributed by atoms with van der Waals surface area (Å²) in [6.45, 7) is 0. The minimum Gasteiger partial charge on any atom is -0.495 e. The lowest BCUT2D eigenvalue weighted by atomic mass is 10.5. The lowest BCUT2D eigenvalue weighted by Gasteiger charge is -1.96. The molecule has 0 saturated heterocycles. The van der Waals surface area contributed by atoms with Crippen LogP contribution in [-0.4, -0.2) is 12.2 Å². The average molecular weight is 130 g/mol. The highest BCUT2D eigenvalue weighted by Gasteiger charge is 1.88. The van der Waals surface area contributed by atoms with Gasteiger partial charge in [0.2, 0.25) is 0 Å². The first kappa shape index (κ1) is 7.68. The minimum absolute atomic E-state index is 0.325. The first-order valence-corrected chi connectivity index (χ1v) is 2.32. The van der Waals surface area contributed by atoms with Crippen molar-refractivity contribution >= 4 is 0 Å². The second-order valence-corrected chi connectivity index (χ2v) is 1.34. The molecule has 5 N–H and O–H groups in total. The fourth-order valence-electron chi connectivity index (χ4n) is 0.321. The molecule has 52 valence electrons. The van der Waals surface area contributed by atoms with Crippen LogP contribution in [0, 0.1) is 0 Å². The molecule has 0 aliphatic carbocycles. The maximum Gasteiger partial charge on any atom is 0.185 e. The fourth-order valence-corrected chi connectivity index (χ4v) is 0.321. The molecule has 0 radical (unpaired) electrons. The van der Waals surface area contributed by atoms with E-state index in [0.717, 1.165) is 0 Å². The average Bonchev–Trinajstić information content (AvgIpc) is 1.82. The molecular formula is C5H10N2O2. The van der Waals surface area contributed by atoms with E-state index in [-0.39, 0.29) is 5.88 Å². The molecule has 0 aliphatic rings. The Bertz CT molecular complexity index is 136. The number of nitrogens with two attached hydrogens (primary N) is 2. The van der Waals surface area contributed by atoms with E-state index in [0.29, 0.717) is 5.76 Å². The standard InChI is InChI=1S/C5H10N2O2/c1-9-4(3-6)2-5(7)8/h2-3,8H,6-7H2,1H3/b4-3+,5-2+. The normalized spacial score (nSPS) is 13.4. The van der Waals surface area contributed by atoms with Crippen LogP contribution in [0.25, 0.3) is 0 Å². The summed E-state index contributed by atoms with van der Waals surface area (Å²) in [6, 6.07) is 0. The van der Waals surface area contributed by atoms with Gasteiger partial charge in [-0.1, -0.05) is 0 Å². The highest BCUT2D eigenvalue weighted by atomic mass is 16.5. The van der Waals surface area contributed by atoms with Crippen molar-refractivity contribution in [3.05, 3.63) is 23.9 Å². The molecule has 0 aromatic rings. The van der Waals surface area contributed by atoms with Crippen LogP contribution in [0.2, 0.25) is 0 Å². The number of aliphatic hydroxyl groups is 1. The van der Waals surface area contributed by atoms with Gasteiger partial charge in [-0.05, 0) is 0 Å². The van der Waals surface area contributed by atoms with Crippen molar-refractivity contribution in [2.24, 2.45) is 11.5 Å². The Morgan fingerprint density at radius 2 is 2.22 bits per heavy atom. The van der Waals surface area contributed by atoms with Crippen molar-refractivity contribution in [3.8, 4) is 0 Å². The van der Waals surface area contributed by atoms with Gasteiger partial charge in [-0.2, -0.15) is 0 Å². The van der Waals surface area contributed by atoms with Gasteiger partial charge in [-0.3, -0.25) is 0 Å². The molecule has 0 saturated carbocycles. The number of hydrogen-bond acceptors (Lipinski definition) is 4. The summed E-state index contributed by atoms with van der Waals surface area (Å²) >= 11 is 0. The summed E-state index contributed by atoms with van der Waals surface area (Å²) in [7, 11) is 1.43. The van der Waals surface area contributed by atoms with Gasteiger partial charge >= 0.3 is 0 Å². The van der Waals surface area contributed by atoms with Crippen LogP contribution in [0.15, 0.2) is 23.9 Å². The summed E-state index contributed by atoms with van der Waals surface area (Å²) in [4.78, 5) is 0. The number of rotatable bonds is 2. The van der Waals surface area contributed by atoms with Crippen molar-refractivity contribution in [1.82, 2.24) is 0 Å². The molecule has 0 aliphatic heterocycles. The Balaban J connectivity index is 4.01. The summed E-state index contributed by atoms with van der Waals surface area (Å²) < 4.78 is 4.63. The molecule has 0 aromatic heterocycles. The Morgan fingerprint density at radius 3 is 2.33 bits per heavy atom. The zero-order chi connectivity index (χ0) is 7.28. The van der Waals surface area contributed by atoms with Gasteiger partial charge in [0.15, 0.2) is 5.88 Å². The fraction of sp³-hybridized carbons (Fsp3) is 0.200. The molecule has 0 amide bonds. The minimum atomic E-state index is -0.325. The molecule has 0 aromatic carbocycles. The number of hydrogen-bond donors (Lipinski definition) is 3. The summed E-state index contributed by atoms with van der Waals surface area (Å²) in [5.41, 5.74) is 9.92. The van der Waals surface area contributed by atoms with Gasteiger partial charge in [0.1, 0.15) is 5.76 Å². The number of aliphatic hydroxyl groups excluding tert-OH is 1. The van der Waals surface area contributed by atoms with Crippen molar-refractivity contribution < 1.29 is 9.84 Å². The summed E-state index contributed by atoms with van der Waals surface area (Å²) in [5.74, 6) is 0.00329. The third kappa shape index (κ3) is 3.28. The lowest BCUT2D eigenvalue weighted by molar-refractivity contribution is 0.300. The van der Waals surface area contributed by atoms with Crippen molar-refractivity contribution in [2.75, 3.05) is 7.11 Å². The molecule has 0 unspecified atom stereocenters. The van der Waals surface area contributed by atoms with Gasteiger partial charge in [0.05, 0.1) is 7.11 Å². The van der Waals surface area contributed by atoms with Crippen LogP contribution < -0.4 is 11.5 Å². The van der Waals surface area contributed by atoms with Crippen molar-refractivity contribution in [1.29, 1.82) is 0 Å². The zero-order valence-electron chi connectivity index (χ0n) is 5.16. The highest BCUT2D eigenvalue weighted by molar-refractivity contribution is 5.11. The Labute approximate surface area is 53.4 Å². The van der Waals surface area contributed by atoms with E-state index in [2.05, 4.69) is 4.74 Å². The molecule has 0 spiro atoms. The summed E-state index contributed by atoms with van der Waals surface area (Å²) in [5, 5.41) is 8.45. The van der Waals surface area contributed by atoms with Crippen LogP contribution in [0.4, 0.5) is 0 Å². The monoisotopic (exact) mass is 130 g/mol. The molecule has 0 bridgehead atoms. The van der Waals surface area contributed by atoms with Gasteiger partial charge in [0, 0.05) is 12.3 Å². The van der Waals surface area contributed by atoms with Crippen LogP contribution in [0.5, 0.6) is 0 Å². The van der Waals surface area contributed by atoms with Crippen LogP contribution in [-0.2, 0) is 4.74 Å². The molecule has 4 heteroatoms. The smallest absolute Gasteiger partial charge is 0.185 e. The Kier molecular flexibility index (Phi) is 3.12. The molecule has 4 nitrogen and oxygen atoms in total. The molecule has 9 heavy (non-hydrogen) atoms. The SMILES string of the molecule is COC(/C=C(\N)O)=C/N. The van der Waals surface area contributed by atoms with Gasteiger partial charge in [0.25, 0.3) is 0 Å². The first-order chi connectivity index (χ1) is 4.20. The topological polar surface area (TPSA) is 81.5 Å². The van der Waals surface area contributed by atoms with E-state index in [4.69, 9.17) is 16.6 Å². The second kappa shape index (κ2) is 3.65. The molecule has 0 heterocycles. The largest absolute Gasteiger partial charge is 0.495 e. The Hall–Kier alpha value is -1.32. The van der Waals surface area contributed by atoms with Crippen molar-refractivity contribution in [3.63, 3.8) is 0 Å². The predicted octanol–water partition coefficient (Wildman–Crippen LogP) is -0.209. The maximum atomic E-state index is 8.45. The second-order valence-electron chi connectivity index (χ2n) is 1.34. The van der Waals surface area contributed by atoms with E-state index in [9.17, 15) is 0 Å². The predicted molar refractivity (Wildman–Crippen MR) is 34.2 cm³/mol. The lowest BCUT2D eigenvalue weighted by Crippen LogP contribution is -1.97. The molecule has 0 rings (SSSR count). The van der Waals surface area contributed by atoms with Crippen LogP contribution >= 0.6 is 0 Å². The van der Waals surface area contributed by atoms with E-state index in [1.54, 1.807) is 0 Å². The number of ether oxygens (including phenoxy) is 1. The van der Waals surface area contributed by atoms with E-state index >= 15 is 0 Å². The molecule has 0 fully saturated rings. The van der Waals surface area contributed by atoms with Gasteiger partial charge in [-0.25, -0.2) is 0 Å². The summed E-state index contributed by atoms with van der Waals surface area (Å²) in [6.07, 6.45) is 2.41. The van der Waals surface area contributed by atoms with Gasteiger partial charge < -0.3 is 21.3 Å². The number of allylic oxidation sites excluding steroid dienone is 1. The highest BCUT2D eigenvalue weighted by Crippen LogP contribution is 1.94. The zero-order valence-corrected chi connectivity index (χ0v) is 5.16. The third-order valence-corrected chi connectivity index (χ3v) is 0.690. The van der Waals surface area contributed by atoms with E-state index in [1.165, 1.54) is 19.4 Å². The maximum absolute atomic E-state index is 8.45. The van der Waals surface area contributed by atoms with Gasteiger partial charge in [-0.15, -0.1) is 0 Å². The van der Waals surface area contributed by atoms with Crippen molar-refractivity contribution in [2.45, 2.75) is 0 Å². The number of methoxy groups -OCH3 is 1. The third-order valence-electron chi connectivity index (χ3n) is 0.690. The quantitative estimate of drug-likeness (QED) is 0.357. The molecule has 0 atom stereocenters. The first-order valence-electron chi connectivity index (χ1n) is 2.32. The Morgan fingerprint density at radius 1 is 1.67 bits per heavy atom.